The normalized spacial score (nSPS) is 11.6. The lowest BCUT2D eigenvalue weighted by Gasteiger charge is -2.10. The zero-order valence-electron chi connectivity index (χ0n) is 19.5. The first-order chi connectivity index (χ1) is 16.7. The van der Waals surface area contributed by atoms with Gasteiger partial charge in [-0.25, -0.2) is 13.7 Å². The van der Waals surface area contributed by atoms with Gasteiger partial charge in [0.05, 0.1) is 4.90 Å². The zero-order chi connectivity index (χ0) is 23.8. The first-order valence-electron chi connectivity index (χ1n) is 11.9. The number of unbranched alkanes of at least 4 members (excludes halogenated alkanes) is 5. The number of carbonyl (C=O) groups excluding carboxylic acids is 1. The second-order valence-corrected chi connectivity index (χ2v) is 9.38. The number of pyridine rings is 1. The number of benzene rings is 2. The van der Waals surface area contributed by atoms with E-state index in [2.05, 4.69) is 20.3 Å². The van der Waals surface area contributed by atoms with E-state index in [0.29, 0.717) is 13.1 Å². The Morgan fingerprint density at radius 2 is 1.47 bits per heavy atom. The van der Waals surface area contributed by atoms with Crippen molar-refractivity contribution in [3.8, 4) is 11.1 Å². The van der Waals surface area contributed by atoms with Gasteiger partial charge in [0.25, 0.3) is 0 Å². The Morgan fingerprint density at radius 1 is 0.765 bits per heavy atom. The number of nitrogens with zero attached hydrogens (tertiary/aromatic N) is 1. The molecule has 0 fully saturated rings. The van der Waals surface area contributed by atoms with E-state index in [9.17, 15) is 9.00 Å². The Kier molecular flexibility index (Phi) is 11.3. The van der Waals surface area contributed by atoms with Crippen LogP contribution in [0.5, 0.6) is 0 Å². The molecule has 3 N–H and O–H groups in total. The van der Waals surface area contributed by atoms with Gasteiger partial charge < -0.3 is 10.6 Å². The highest BCUT2D eigenvalue weighted by Gasteiger charge is 2.10. The maximum Gasteiger partial charge on any atom is 0.315 e. The minimum Gasteiger partial charge on any atom is -0.338 e. The standard InChI is InChI=1S/C27H34N4O2S/c32-27(30-22-23-13-12-18-28-21-23)29-19-10-3-1-2-4-11-20-31-34(33)26-17-9-8-16-25(26)24-14-6-5-7-15-24/h5-9,12-18,21,31H,1-4,10-11,19-20,22H2,(H2,29,30,32). The summed E-state index contributed by atoms with van der Waals surface area (Å²) in [6.45, 7) is 1.89. The van der Waals surface area contributed by atoms with Gasteiger partial charge in [-0.15, -0.1) is 0 Å². The maximum absolute atomic E-state index is 12.8. The monoisotopic (exact) mass is 478 g/mol. The lowest BCUT2D eigenvalue weighted by Crippen LogP contribution is -2.35. The first-order valence-corrected chi connectivity index (χ1v) is 13.1. The molecular weight excluding hydrogens is 444 g/mol. The lowest BCUT2D eigenvalue weighted by atomic mass is 10.1. The minimum atomic E-state index is -1.23. The number of urea groups is 1. The number of hydrogen-bond donors (Lipinski definition) is 3. The average molecular weight is 479 g/mol. The fraction of sp³-hybridized carbons (Fsp3) is 0.333. The van der Waals surface area contributed by atoms with Gasteiger partial charge in [-0.2, -0.15) is 0 Å². The summed E-state index contributed by atoms with van der Waals surface area (Å²) >= 11 is 0. The number of amides is 2. The van der Waals surface area contributed by atoms with Crippen molar-refractivity contribution < 1.29 is 9.00 Å². The van der Waals surface area contributed by atoms with Crippen molar-refractivity contribution in [2.75, 3.05) is 13.1 Å². The Balaban J connectivity index is 1.21. The van der Waals surface area contributed by atoms with Gasteiger partial charge in [-0.3, -0.25) is 4.98 Å². The predicted molar refractivity (Wildman–Crippen MR) is 138 cm³/mol. The van der Waals surface area contributed by atoms with E-state index in [1.807, 2.05) is 66.7 Å². The van der Waals surface area contributed by atoms with Gasteiger partial charge in [0, 0.05) is 32.0 Å². The highest BCUT2D eigenvalue weighted by Crippen LogP contribution is 2.25. The van der Waals surface area contributed by atoms with Crippen LogP contribution in [0, 0.1) is 0 Å². The second kappa shape index (κ2) is 15.0. The molecule has 6 nitrogen and oxygen atoms in total. The van der Waals surface area contributed by atoms with Crippen molar-refractivity contribution in [1.29, 1.82) is 0 Å². The van der Waals surface area contributed by atoms with Crippen LogP contribution >= 0.6 is 0 Å². The molecule has 3 rings (SSSR count). The second-order valence-electron chi connectivity index (χ2n) is 8.12. The molecule has 0 saturated heterocycles. The van der Waals surface area contributed by atoms with E-state index in [1.165, 1.54) is 0 Å². The summed E-state index contributed by atoms with van der Waals surface area (Å²) in [5.74, 6) is 0. The van der Waals surface area contributed by atoms with Crippen molar-refractivity contribution in [2.45, 2.75) is 50.0 Å². The predicted octanol–water partition coefficient (Wildman–Crippen LogP) is 5.20. The van der Waals surface area contributed by atoms with E-state index in [4.69, 9.17) is 0 Å². The van der Waals surface area contributed by atoms with Crippen molar-refractivity contribution in [2.24, 2.45) is 0 Å². The van der Waals surface area contributed by atoms with Crippen LogP contribution in [-0.4, -0.2) is 28.3 Å². The quantitative estimate of drug-likeness (QED) is 0.279. The Bertz CT molecular complexity index is 1020. The molecule has 0 radical (unpaired) electrons. The summed E-state index contributed by atoms with van der Waals surface area (Å²) < 4.78 is 16.0. The van der Waals surface area contributed by atoms with Gasteiger partial charge in [0.2, 0.25) is 0 Å². The minimum absolute atomic E-state index is 0.142. The molecule has 2 amide bonds. The molecule has 180 valence electrons. The Hall–Kier alpha value is -3.03. The van der Waals surface area contributed by atoms with Crippen LogP contribution in [0.25, 0.3) is 11.1 Å². The molecule has 0 aliphatic heterocycles. The summed E-state index contributed by atoms with van der Waals surface area (Å²) in [6.07, 6.45) is 9.90. The van der Waals surface area contributed by atoms with Gasteiger partial charge in [0.1, 0.15) is 11.0 Å². The number of rotatable bonds is 14. The average Bonchev–Trinajstić information content (AvgIpc) is 2.89. The molecule has 2 aromatic carbocycles. The molecule has 0 aliphatic carbocycles. The Morgan fingerprint density at radius 3 is 2.24 bits per heavy atom. The fourth-order valence-electron chi connectivity index (χ4n) is 3.63. The zero-order valence-corrected chi connectivity index (χ0v) is 20.4. The molecule has 1 unspecified atom stereocenters. The fourth-order valence-corrected chi connectivity index (χ4v) is 4.71. The van der Waals surface area contributed by atoms with Crippen molar-refractivity contribution in [3.05, 3.63) is 84.7 Å². The SMILES string of the molecule is O=C(NCCCCCCCCNS(=O)c1ccccc1-c1ccccc1)NCc1cccnc1. The third kappa shape index (κ3) is 9.08. The molecule has 3 aromatic rings. The lowest BCUT2D eigenvalue weighted by molar-refractivity contribution is 0.240. The summed E-state index contributed by atoms with van der Waals surface area (Å²) in [6, 6.07) is 21.6. The summed E-state index contributed by atoms with van der Waals surface area (Å²) in [7, 11) is -1.23. The van der Waals surface area contributed by atoms with Crippen molar-refractivity contribution in [3.63, 3.8) is 0 Å². The molecule has 7 heteroatoms. The van der Waals surface area contributed by atoms with Gasteiger partial charge in [0.15, 0.2) is 0 Å². The number of nitrogens with one attached hydrogen (secondary N) is 3. The van der Waals surface area contributed by atoms with E-state index in [-0.39, 0.29) is 6.03 Å². The third-order valence-electron chi connectivity index (χ3n) is 5.47. The highest BCUT2D eigenvalue weighted by atomic mass is 32.2. The molecule has 0 saturated carbocycles. The molecule has 0 spiro atoms. The summed E-state index contributed by atoms with van der Waals surface area (Å²) in [5.41, 5.74) is 3.07. The smallest absolute Gasteiger partial charge is 0.315 e. The van der Waals surface area contributed by atoms with E-state index < -0.39 is 11.0 Å². The number of aromatic nitrogens is 1. The van der Waals surface area contributed by atoms with E-state index in [0.717, 1.165) is 66.7 Å². The molecule has 34 heavy (non-hydrogen) atoms. The third-order valence-corrected chi connectivity index (χ3v) is 6.69. The van der Waals surface area contributed by atoms with E-state index in [1.54, 1.807) is 12.4 Å². The van der Waals surface area contributed by atoms with Crippen LogP contribution in [0.4, 0.5) is 4.79 Å². The molecular formula is C27H34N4O2S. The largest absolute Gasteiger partial charge is 0.338 e. The summed E-state index contributed by atoms with van der Waals surface area (Å²) in [4.78, 5) is 16.7. The highest BCUT2D eigenvalue weighted by molar-refractivity contribution is 7.83. The van der Waals surface area contributed by atoms with Gasteiger partial charge >= 0.3 is 6.03 Å². The molecule has 0 aliphatic rings. The Labute approximate surface area is 205 Å². The molecule has 1 heterocycles. The molecule has 1 aromatic heterocycles. The first kappa shape index (κ1) is 25.6. The van der Waals surface area contributed by atoms with Crippen LogP contribution in [0.3, 0.4) is 0 Å². The molecule has 1 atom stereocenters. The van der Waals surface area contributed by atoms with E-state index >= 15 is 0 Å². The van der Waals surface area contributed by atoms with Crippen LogP contribution < -0.4 is 15.4 Å². The van der Waals surface area contributed by atoms with Crippen molar-refractivity contribution in [1.82, 2.24) is 20.3 Å². The van der Waals surface area contributed by atoms with Gasteiger partial charge in [-0.1, -0.05) is 80.3 Å². The maximum atomic E-state index is 12.8. The van der Waals surface area contributed by atoms with Crippen molar-refractivity contribution >= 4 is 17.0 Å². The van der Waals surface area contributed by atoms with Gasteiger partial charge in [-0.05, 0) is 41.7 Å². The van der Waals surface area contributed by atoms with Crippen LogP contribution in [0.2, 0.25) is 0 Å². The number of hydrogen-bond acceptors (Lipinski definition) is 3. The topological polar surface area (TPSA) is 83.1 Å². The van der Waals surface area contributed by atoms with Crippen LogP contribution in [0.15, 0.2) is 84.0 Å². The van der Waals surface area contributed by atoms with Crippen LogP contribution in [0.1, 0.15) is 44.1 Å². The molecule has 0 bridgehead atoms. The summed E-state index contributed by atoms with van der Waals surface area (Å²) in [5, 5.41) is 5.73. The van der Waals surface area contributed by atoms with Crippen LogP contribution in [-0.2, 0) is 17.5 Å². The number of carbonyl (C=O) groups is 1.